The number of anilines is 1. The number of nitrogens with two attached hydrogens (primary N) is 1. The van der Waals surface area contributed by atoms with Crippen LogP contribution in [-0.4, -0.2) is 4.98 Å². The van der Waals surface area contributed by atoms with Gasteiger partial charge in [0.2, 0.25) is 0 Å². The molecule has 74 valence electrons. The zero-order valence-electron chi connectivity index (χ0n) is 8.91. The van der Waals surface area contributed by atoms with Crippen molar-refractivity contribution in [2.45, 2.75) is 20.8 Å². The molecule has 0 saturated carbocycles. The number of hydrogen-bond acceptors (Lipinski definition) is 2. The Hall–Kier alpha value is -1.57. The number of rotatable bonds is 0. The molecule has 0 aliphatic heterocycles. The molecule has 2 N–H and O–H groups in total. The second kappa shape index (κ2) is 4.61. The van der Waals surface area contributed by atoms with Crippen LogP contribution in [0.1, 0.15) is 19.4 Å². The van der Waals surface area contributed by atoms with Crippen molar-refractivity contribution in [1.82, 2.24) is 4.98 Å². The fourth-order valence-corrected chi connectivity index (χ4v) is 1.38. The maximum absolute atomic E-state index is 5.61. The Morgan fingerprint density at radius 3 is 2.50 bits per heavy atom. The number of hydrogen-bond donors (Lipinski definition) is 1. The van der Waals surface area contributed by atoms with Crippen molar-refractivity contribution in [3.63, 3.8) is 0 Å². The topological polar surface area (TPSA) is 38.9 Å². The molecule has 1 aromatic carbocycles. The van der Waals surface area contributed by atoms with E-state index < -0.39 is 0 Å². The molecule has 0 radical (unpaired) electrons. The summed E-state index contributed by atoms with van der Waals surface area (Å²) in [5.74, 6) is 0.589. The van der Waals surface area contributed by atoms with Gasteiger partial charge in [-0.25, -0.2) is 4.98 Å². The summed E-state index contributed by atoms with van der Waals surface area (Å²) in [5, 5.41) is 1.17. The van der Waals surface area contributed by atoms with E-state index in [1.807, 2.05) is 45.0 Å². The first-order valence-electron chi connectivity index (χ1n) is 4.89. The average molecular weight is 188 g/mol. The van der Waals surface area contributed by atoms with Crippen LogP contribution in [0.2, 0.25) is 0 Å². The number of fused-ring (bicyclic) bond motifs is 1. The molecule has 0 atom stereocenters. The third kappa shape index (κ3) is 2.02. The Morgan fingerprint density at radius 1 is 1.14 bits per heavy atom. The fourth-order valence-electron chi connectivity index (χ4n) is 1.38. The molecule has 0 amide bonds. The van der Waals surface area contributed by atoms with Crippen LogP contribution in [0, 0.1) is 6.92 Å². The number of pyridine rings is 1. The van der Waals surface area contributed by atoms with Crippen molar-refractivity contribution in [2.24, 2.45) is 0 Å². The normalized spacial score (nSPS) is 9.36. The Labute approximate surface area is 84.8 Å². The lowest BCUT2D eigenvalue weighted by Gasteiger charge is -2.01. The summed E-state index contributed by atoms with van der Waals surface area (Å²) < 4.78 is 0. The molecule has 0 fully saturated rings. The maximum Gasteiger partial charge on any atom is 0.124 e. The lowest BCUT2D eigenvalue weighted by Crippen LogP contribution is -1.91. The number of benzene rings is 1. The summed E-state index contributed by atoms with van der Waals surface area (Å²) in [4.78, 5) is 4.21. The Kier molecular flexibility index (Phi) is 3.46. The van der Waals surface area contributed by atoms with Gasteiger partial charge in [0.15, 0.2) is 0 Å². The van der Waals surface area contributed by atoms with Gasteiger partial charge >= 0.3 is 0 Å². The quantitative estimate of drug-likeness (QED) is 0.689. The standard InChI is InChI=1S/C10H10N2.C2H6/c1-7-6-10(11)12-9-5-3-2-4-8(7)9;1-2/h2-6H,1H3,(H2,11,12);1-2H3. The first kappa shape index (κ1) is 10.5. The molecule has 14 heavy (non-hydrogen) atoms. The van der Waals surface area contributed by atoms with Gasteiger partial charge in [0.1, 0.15) is 5.82 Å². The molecule has 0 saturated heterocycles. The zero-order valence-corrected chi connectivity index (χ0v) is 8.91. The van der Waals surface area contributed by atoms with Gasteiger partial charge in [-0.3, -0.25) is 0 Å². The van der Waals surface area contributed by atoms with E-state index in [2.05, 4.69) is 11.1 Å². The minimum atomic E-state index is 0.589. The number of nitrogens with zero attached hydrogens (tertiary/aromatic N) is 1. The van der Waals surface area contributed by atoms with Crippen molar-refractivity contribution in [3.05, 3.63) is 35.9 Å². The Bertz CT molecular complexity index is 422. The Balaban J connectivity index is 0.000000461. The lowest BCUT2D eigenvalue weighted by molar-refractivity contribution is 1.37. The summed E-state index contributed by atoms with van der Waals surface area (Å²) in [7, 11) is 0. The Morgan fingerprint density at radius 2 is 1.79 bits per heavy atom. The van der Waals surface area contributed by atoms with E-state index in [9.17, 15) is 0 Å². The third-order valence-corrected chi connectivity index (χ3v) is 1.94. The van der Waals surface area contributed by atoms with Gasteiger partial charge in [0.25, 0.3) is 0 Å². The van der Waals surface area contributed by atoms with Gasteiger partial charge in [0, 0.05) is 5.39 Å². The predicted molar refractivity (Wildman–Crippen MR) is 62.2 cm³/mol. The van der Waals surface area contributed by atoms with Crippen LogP contribution in [0.25, 0.3) is 10.9 Å². The maximum atomic E-state index is 5.61. The first-order valence-corrected chi connectivity index (χ1v) is 4.89. The van der Waals surface area contributed by atoms with Crippen molar-refractivity contribution in [2.75, 3.05) is 5.73 Å². The number of nitrogen functional groups attached to an aromatic ring is 1. The minimum absolute atomic E-state index is 0.589. The van der Waals surface area contributed by atoms with E-state index >= 15 is 0 Å². The van der Waals surface area contributed by atoms with Gasteiger partial charge in [-0.1, -0.05) is 32.0 Å². The molecule has 2 nitrogen and oxygen atoms in total. The summed E-state index contributed by atoms with van der Waals surface area (Å²) in [5.41, 5.74) is 7.76. The number of para-hydroxylation sites is 1. The predicted octanol–water partition coefficient (Wildman–Crippen LogP) is 3.15. The zero-order chi connectivity index (χ0) is 10.6. The van der Waals surface area contributed by atoms with Gasteiger partial charge < -0.3 is 5.73 Å². The fraction of sp³-hybridized carbons (Fsp3) is 0.250. The summed E-state index contributed by atoms with van der Waals surface area (Å²) in [6, 6.07) is 9.89. The number of aromatic nitrogens is 1. The van der Waals surface area contributed by atoms with Gasteiger partial charge in [-0.2, -0.15) is 0 Å². The van der Waals surface area contributed by atoms with Gasteiger partial charge in [-0.05, 0) is 24.6 Å². The molecule has 0 bridgehead atoms. The highest BCUT2D eigenvalue weighted by Crippen LogP contribution is 2.17. The minimum Gasteiger partial charge on any atom is -0.384 e. The van der Waals surface area contributed by atoms with E-state index in [0.29, 0.717) is 5.82 Å². The molecular weight excluding hydrogens is 172 g/mol. The lowest BCUT2D eigenvalue weighted by atomic mass is 10.1. The molecule has 1 heterocycles. The van der Waals surface area contributed by atoms with Crippen molar-refractivity contribution < 1.29 is 0 Å². The van der Waals surface area contributed by atoms with Crippen LogP contribution in [-0.2, 0) is 0 Å². The van der Waals surface area contributed by atoms with Crippen LogP contribution < -0.4 is 5.73 Å². The van der Waals surface area contributed by atoms with E-state index in [1.54, 1.807) is 0 Å². The molecule has 0 aliphatic rings. The highest BCUT2D eigenvalue weighted by Gasteiger charge is 1.97. The third-order valence-electron chi connectivity index (χ3n) is 1.94. The summed E-state index contributed by atoms with van der Waals surface area (Å²) in [6.07, 6.45) is 0. The van der Waals surface area contributed by atoms with E-state index in [4.69, 9.17) is 5.73 Å². The molecule has 0 aliphatic carbocycles. The van der Waals surface area contributed by atoms with E-state index in [1.165, 1.54) is 10.9 Å². The molecule has 1 aromatic heterocycles. The second-order valence-corrected chi connectivity index (χ2v) is 2.88. The van der Waals surface area contributed by atoms with Gasteiger partial charge in [0.05, 0.1) is 5.52 Å². The van der Waals surface area contributed by atoms with Crippen LogP contribution in [0.3, 0.4) is 0 Å². The molecular formula is C12H16N2. The van der Waals surface area contributed by atoms with Crippen LogP contribution >= 0.6 is 0 Å². The first-order chi connectivity index (χ1) is 6.77. The van der Waals surface area contributed by atoms with Crippen molar-refractivity contribution >= 4 is 16.7 Å². The highest BCUT2D eigenvalue weighted by molar-refractivity contribution is 5.83. The SMILES string of the molecule is CC.Cc1cc(N)nc2ccccc12. The van der Waals surface area contributed by atoms with Crippen LogP contribution in [0.15, 0.2) is 30.3 Å². The molecule has 2 heteroatoms. The van der Waals surface area contributed by atoms with E-state index in [-0.39, 0.29) is 0 Å². The number of aryl methyl sites for hydroxylation is 1. The molecule has 0 unspecified atom stereocenters. The summed E-state index contributed by atoms with van der Waals surface area (Å²) in [6.45, 7) is 6.04. The van der Waals surface area contributed by atoms with Crippen molar-refractivity contribution in [1.29, 1.82) is 0 Å². The monoisotopic (exact) mass is 188 g/mol. The average Bonchev–Trinajstić information content (AvgIpc) is 2.20. The summed E-state index contributed by atoms with van der Waals surface area (Å²) >= 11 is 0. The molecule has 0 spiro atoms. The van der Waals surface area contributed by atoms with Crippen molar-refractivity contribution in [3.8, 4) is 0 Å². The van der Waals surface area contributed by atoms with E-state index in [0.717, 1.165) is 5.52 Å². The highest BCUT2D eigenvalue weighted by atomic mass is 14.8. The second-order valence-electron chi connectivity index (χ2n) is 2.88. The van der Waals surface area contributed by atoms with Crippen LogP contribution in [0.4, 0.5) is 5.82 Å². The smallest absolute Gasteiger partial charge is 0.124 e. The van der Waals surface area contributed by atoms with Crippen LogP contribution in [0.5, 0.6) is 0 Å². The van der Waals surface area contributed by atoms with Gasteiger partial charge in [-0.15, -0.1) is 0 Å². The molecule has 2 aromatic rings. The molecule has 2 rings (SSSR count). The largest absolute Gasteiger partial charge is 0.384 e.